The molecule has 3 aliphatic carbocycles. The van der Waals surface area contributed by atoms with E-state index in [9.17, 15) is 4.79 Å². The molecule has 0 aromatic carbocycles. The van der Waals surface area contributed by atoms with Gasteiger partial charge in [-0.05, 0) is 74.5 Å². The zero-order valence-corrected chi connectivity index (χ0v) is 16.7. The lowest BCUT2D eigenvalue weighted by Gasteiger charge is -2.50. The standard InChI is InChI=1S/C23H40O2/c1-3-5-6-7-8-17-9-13-21-18(15-17)10-11-19-16-20(12-14-22(19)21)25-23(24)4-2/h17-22H,3-16H2,1-2H3. The number of hydrogen-bond donors (Lipinski definition) is 0. The van der Waals surface area contributed by atoms with E-state index in [1.807, 2.05) is 6.92 Å². The molecule has 2 nitrogen and oxygen atoms in total. The number of fused-ring (bicyclic) bond motifs is 3. The number of ether oxygens (including phenoxy) is 1. The highest BCUT2D eigenvalue weighted by atomic mass is 16.5. The third kappa shape index (κ3) is 5.01. The quantitative estimate of drug-likeness (QED) is 0.386. The van der Waals surface area contributed by atoms with E-state index in [1.165, 1.54) is 70.6 Å². The maximum Gasteiger partial charge on any atom is 0.305 e. The molecule has 0 radical (unpaired) electrons. The summed E-state index contributed by atoms with van der Waals surface area (Å²) in [6.45, 7) is 4.21. The largest absolute Gasteiger partial charge is 0.462 e. The van der Waals surface area contributed by atoms with Crippen molar-refractivity contribution in [3.8, 4) is 0 Å². The normalized spacial score (nSPS) is 37.8. The van der Waals surface area contributed by atoms with Crippen LogP contribution in [0.3, 0.4) is 0 Å². The third-order valence-corrected chi connectivity index (χ3v) is 7.65. The zero-order chi connectivity index (χ0) is 17.6. The molecule has 2 heteroatoms. The van der Waals surface area contributed by atoms with Gasteiger partial charge in [-0.25, -0.2) is 0 Å². The molecule has 0 aromatic rings. The molecule has 0 N–H and O–H groups in total. The van der Waals surface area contributed by atoms with Crippen LogP contribution in [0.4, 0.5) is 0 Å². The number of carbonyl (C=O) groups excluding carboxylic acids is 1. The molecular formula is C23H40O2. The van der Waals surface area contributed by atoms with Crippen LogP contribution in [-0.2, 0) is 9.53 Å². The van der Waals surface area contributed by atoms with E-state index in [-0.39, 0.29) is 12.1 Å². The van der Waals surface area contributed by atoms with Gasteiger partial charge in [-0.3, -0.25) is 4.79 Å². The Bertz CT molecular complexity index is 418. The van der Waals surface area contributed by atoms with Crippen LogP contribution in [-0.4, -0.2) is 12.1 Å². The van der Waals surface area contributed by atoms with Crippen LogP contribution in [0.5, 0.6) is 0 Å². The summed E-state index contributed by atoms with van der Waals surface area (Å²) in [5.41, 5.74) is 0. The van der Waals surface area contributed by atoms with E-state index in [4.69, 9.17) is 4.74 Å². The lowest BCUT2D eigenvalue weighted by molar-refractivity contribution is -0.153. The van der Waals surface area contributed by atoms with Crippen LogP contribution in [0.1, 0.15) is 104 Å². The number of carbonyl (C=O) groups is 1. The SMILES string of the molecule is CCCCCCC1CCC2C(CCC3CC(OC(=O)CC)CCC32)C1. The van der Waals surface area contributed by atoms with Crippen LogP contribution in [0.15, 0.2) is 0 Å². The summed E-state index contributed by atoms with van der Waals surface area (Å²) in [5, 5.41) is 0. The Hall–Kier alpha value is -0.530. The van der Waals surface area contributed by atoms with Gasteiger partial charge in [-0.2, -0.15) is 0 Å². The first kappa shape index (κ1) is 19.2. The van der Waals surface area contributed by atoms with Gasteiger partial charge in [0, 0.05) is 6.42 Å². The van der Waals surface area contributed by atoms with Crippen molar-refractivity contribution in [2.75, 3.05) is 0 Å². The summed E-state index contributed by atoms with van der Waals surface area (Å²) >= 11 is 0. The number of hydrogen-bond acceptors (Lipinski definition) is 2. The fraction of sp³-hybridized carbons (Fsp3) is 0.957. The molecule has 3 rings (SSSR count). The van der Waals surface area contributed by atoms with Crippen LogP contribution >= 0.6 is 0 Å². The van der Waals surface area contributed by atoms with Crippen molar-refractivity contribution in [3.05, 3.63) is 0 Å². The molecule has 3 saturated carbocycles. The Morgan fingerprint density at radius 1 is 0.840 bits per heavy atom. The van der Waals surface area contributed by atoms with Gasteiger partial charge in [0.25, 0.3) is 0 Å². The Balaban J connectivity index is 1.46. The van der Waals surface area contributed by atoms with Crippen LogP contribution in [0.2, 0.25) is 0 Å². The van der Waals surface area contributed by atoms with Crippen molar-refractivity contribution < 1.29 is 9.53 Å². The highest BCUT2D eigenvalue weighted by molar-refractivity contribution is 5.69. The lowest BCUT2D eigenvalue weighted by Crippen LogP contribution is -2.43. The first-order valence-corrected chi connectivity index (χ1v) is 11.4. The predicted octanol–water partition coefficient (Wildman–Crippen LogP) is 6.52. The third-order valence-electron chi connectivity index (χ3n) is 7.65. The smallest absolute Gasteiger partial charge is 0.305 e. The average molecular weight is 349 g/mol. The van der Waals surface area contributed by atoms with Crippen molar-refractivity contribution in [1.82, 2.24) is 0 Å². The Morgan fingerprint density at radius 3 is 2.28 bits per heavy atom. The molecule has 144 valence electrons. The van der Waals surface area contributed by atoms with Crippen molar-refractivity contribution >= 4 is 5.97 Å². The molecule has 25 heavy (non-hydrogen) atoms. The van der Waals surface area contributed by atoms with E-state index in [0.717, 1.165) is 42.4 Å². The maximum atomic E-state index is 11.6. The van der Waals surface area contributed by atoms with Gasteiger partial charge in [0.1, 0.15) is 6.10 Å². The van der Waals surface area contributed by atoms with E-state index in [1.54, 1.807) is 0 Å². The summed E-state index contributed by atoms with van der Waals surface area (Å²) in [7, 11) is 0. The highest BCUT2D eigenvalue weighted by Crippen LogP contribution is 2.53. The van der Waals surface area contributed by atoms with Crippen LogP contribution in [0, 0.1) is 29.6 Å². The summed E-state index contributed by atoms with van der Waals surface area (Å²) in [4.78, 5) is 11.6. The molecule has 0 amide bonds. The van der Waals surface area contributed by atoms with Crippen molar-refractivity contribution in [2.45, 2.75) is 110 Å². The molecule has 0 aliphatic heterocycles. The second-order valence-corrected chi connectivity index (χ2v) is 9.23. The van der Waals surface area contributed by atoms with Gasteiger partial charge in [0.05, 0.1) is 0 Å². The monoisotopic (exact) mass is 348 g/mol. The molecule has 0 saturated heterocycles. The minimum Gasteiger partial charge on any atom is -0.462 e. The molecule has 6 unspecified atom stereocenters. The Morgan fingerprint density at radius 2 is 1.56 bits per heavy atom. The average Bonchev–Trinajstić information content (AvgIpc) is 2.64. The minimum atomic E-state index is 0.000664. The second-order valence-electron chi connectivity index (χ2n) is 9.23. The number of esters is 1. The van der Waals surface area contributed by atoms with Crippen LogP contribution < -0.4 is 0 Å². The molecular weight excluding hydrogens is 308 g/mol. The summed E-state index contributed by atoms with van der Waals surface area (Å²) in [6, 6.07) is 0. The molecule has 0 spiro atoms. The van der Waals surface area contributed by atoms with Gasteiger partial charge < -0.3 is 4.74 Å². The molecule has 0 heterocycles. The van der Waals surface area contributed by atoms with Gasteiger partial charge >= 0.3 is 5.97 Å². The Labute approximate surface area is 155 Å². The summed E-state index contributed by atoms with van der Waals surface area (Å²) < 4.78 is 5.67. The van der Waals surface area contributed by atoms with Crippen LogP contribution in [0.25, 0.3) is 0 Å². The van der Waals surface area contributed by atoms with Gasteiger partial charge in [-0.15, -0.1) is 0 Å². The minimum absolute atomic E-state index is 0.000664. The summed E-state index contributed by atoms with van der Waals surface area (Å²) in [5.74, 6) is 4.81. The maximum absolute atomic E-state index is 11.6. The molecule has 0 aromatic heterocycles. The number of rotatable bonds is 7. The van der Waals surface area contributed by atoms with Crippen molar-refractivity contribution in [1.29, 1.82) is 0 Å². The van der Waals surface area contributed by atoms with E-state index < -0.39 is 0 Å². The van der Waals surface area contributed by atoms with Gasteiger partial charge in [0.15, 0.2) is 0 Å². The first-order valence-electron chi connectivity index (χ1n) is 11.4. The van der Waals surface area contributed by atoms with E-state index in [0.29, 0.717) is 6.42 Å². The summed E-state index contributed by atoms with van der Waals surface area (Å²) in [6.07, 6.45) is 18.9. The van der Waals surface area contributed by atoms with Crippen molar-refractivity contribution in [2.24, 2.45) is 29.6 Å². The van der Waals surface area contributed by atoms with E-state index in [2.05, 4.69) is 6.92 Å². The topological polar surface area (TPSA) is 26.3 Å². The number of unbranched alkanes of at least 4 members (excludes halogenated alkanes) is 3. The van der Waals surface area contributed by atoms with Gasteiger partial charge in [0.2, 0.25) is 0 Å². The zero-order valence-electron chi connectivity index (χ0n) is 16.7. The van der Waals surface area contributed by atoms with E-state index >= 15 is 0 Å². The molecule has 3 fully saturated rings. The Kier molecular flexibility index (Phi) is 7.25. The molecule has 6 atom stereocenters. The molecule has 3 aliphatic rings. The fourth-order valence-electron chi connectivity index (χ4n) is 6.35. The second kappa shape index (κ2) is 9.42. The van der Waals surface area contributed by atoms with Gasteiger partial charge in [-0.1, -0.05) is 52.4 Å². The lowest BCUT2D eigenvalue weighted by atomic mass is 9.56. The highest BCUT2D eigenvalue weighted by Gasteiger charge is 2.44. The fourth-order valence-corrected chi connectivity index (χ4v) is 6.35. The molecule has 0 bridgehead atoms. The first-order chi connectivity index (χ1) is 12.2. The van der Waals surface area contributed by atoms with Crippen molar-refractivity contribution in [3.63, 3.8) is 0 Å². The predicted molar refractivity (Wildman–Crippen MR) is 103 cm³/mol.